The molecule has 1 saturated carbocycles. The third kappa shape index (κ3) is 4.44. The van der Waals surface area contributed by atoms with Gasteiger partial charge in [0.15, 0.2) is 0 Å². The number of aromatic amines is 1. The number of carbonyl (C=O) groups is 1. The third-order valence-electron chi connectivity index (χ3n) is 5.78. The third-order valence-corrected chi connectivity index (χ3v) is 6.80. The summed E-state index contributed by atoms with van der Waals surface area (Å²) in [6.07, 6.45) is 9.10. The average molecular weight is 465 g/mol. The van der Waals surface area contributed by atoms with Crippen LogP contribution >= 0.6 is 11.3 Å². The van der Waals surface area contributed by atoms with E-state index in [1.165, 1.54) is 29.9 Å². The van der Waals surface area contributed by atoms with Crippen molar-refractivity contribution in [2.75, 3.05) is 11.9 Å². The molecule has 3 N–H and O–H groups in total. The number of H-pyrrole nitrogens is 1. The number of aromatic nitrogens is 6. The van der Waals surface area contributed by atoms with Crippen molar-refractivity contribution in [3.8, 4) is 10.7 Å². The summed E-state index contributed by atoms with van der Waals surface area (Å²) in [4.78, 5) is 28.2. The van der Waals surface area contributed by atoms with Crippen LogP contribution in [-0.2, 0) is 12.0 Å². The quantitative estimate of drug-likeness (QED) is 0.366. The lowest BCUT2D eigenvalue weighted by molar-refractivity contribution is 0.0947. The molecule has 168 valence electrons. The van der Waals surface area contributed by atoms with Crippen molar-refractivity contribution in [2.45, 2.75) is 31.2 Å². The Morgan fingerprint density at radius 3 is 2.79 bits per heavy atom. The predicted molar refractivity (Wildman–Crippen MR) is 121 cm³/mol. The van der Waals surface area contributed by atoms with E-state index in [0.29, 0.717) is 41.0 Å². The fraction of sp³-hybridized carbons (Fsp3) is 0.273. The van der Waals surface area contributed by atoms with Gasteiger partial charge >= 0.3 is 0 Å². The topological polar surface area (TPSA) is 121 Å². The van der Waals surface area contributed by atoms with Gasteiger partial charge in [0, 0.05) is 29.2 Å². The Labute approximate surface area is 192 Å². The van der Waals surface area contributed by atoms with E-state index < -0.39 is 0 Å². The Hall–Kier alpha value is -3.73. The number of hydrogen-bond donors (Lipinski definition) is 3. The first kappa shape index (κ1) is 21.1. The van der Waals surface area contributed by atoms with E-state index >= 15 is 0 Å². The summed E-state index contributed by atoms with van der Waals surface area (Å²) in [5.74, 6) is 0.123. The van der Waals surface area contributed by atoms with Gasteiger partial charge in [0.25, 0.3) is 5.91 Å². The van der Waals surface area contributed by atoms with E-state index in [9.17, 15) is 9.18 Å². The zero-order valence-electron chi connectivity index (χ0n) is 17.6. The fourth-order valence-electron chi connectivity index (χ4n) is 3.83. The molecule has 1 fully saturated rings. The first-order valence-corrected chi connectivity index (χ1v) is 11.3. The number of thiazole rings is 1. The molecule has 4 aromatic heterocycles. The van der Waals surface area contributed by atoms with Crippen molar-refractivity contribution < 1.29 is 9.18 Å². The maximum Gasteiger partial charge on any atom is 0.269 e. The van der Waals surface area contributed by atoms with Crippen LogP contribution in [0.4, 0.5) is 10.2 Å². The van der Waals surface area contributed by atoms with Crippen LogP contribution in [0.5, 0.6) is 0 Å². The lowest BCUT2D eigenvalue weighted by atomic mass is 9.66. The molecule has 1 aliphatic carbocycles. The van der Waals surface area contributed by atoms with E-state index in [1.807, 2.05) is 12.1 Å². The van der Waals surface area contributed by atoms with E-state index in [2.05, 4.69) is 40.8 Å². The lowest BCUT2D eigenvalue weighted by Gasteiger charge is -2.41. The minimum Gasteiger partial charge on any atom is -0.368 e. The lowest BCUT2D eigenvalue weighted by Crippen LogP contribution is -2.42. The number of amides is 1. The normalized spacial score (nSPS) is 14.5. The number of pyridine rings is 1. The van der Waals surface area contributed by atoms with Crippen LogP contribution in [0.25, 0.3) is 10.7 Å². The van der Waals surface area contributed by atoms with Crippen LogP contribution in [0.1, 0.15) is 40.3 Å². The van der Waals surface area contributed by atoms with Gasteiger partial charge in [0.05, 0.1) is 24.8 Å². The highest BCUT2D eigenvalue weighted by atomic mass is 32.1. The van der Waals surface area contributed by atoms with E-state index in [-0.39, 0.29) is 17.1 Å². The minimum atomic E-state index is -0.309. The molecule has 0 atom stereocenters. The number of nitrogens with one attached hydrogen (secondary N) is 3. The SMILES string of the molecule is O=C(NCc1cnc(-c2ccc(NCC3(c4ncccc4F)CCC3)nn2)s1)c1cnc[nH]1. The Balaban J connectivity index is 1.20. The van der Waals surface area contributed by atoms with Crippen LogP contribution in [0.15, 0.2) is 49.2 Å². The molecule has 33 heavy (non-hydrogen) atoms. The van der Waals surface area contributed by atoms with E-state index in [0.717, 1.165) is 24.1 Å². The summed E-state index contributed by atoms with van der Waals surface area (Å²) >= 11 is 1.44. The van der Waals surface area contributed by atoms with Gasteiger partial charge in [-0.2, -0.15) is 0 Å². The molecule has 1 amide bonds. The summed E-state index contributed by atoms with van der Waals surface area (Å²) in [5, 5.41) is 15.4. The number of anilines is 1. The number of carbonyl (C=O) groups excluding carboxylic acids is 1. The highest BCUT2D eigenvalue weighted by Crippen LogP contribution is 2.43. The van der Waals surface area contributed by atoms with Gasteiger partial charge in [-0.25, -0.2) is 14.4 Å². The first-order valence-electron chi connectivity index (χ1n) is 10.5. The smallest absolute Gasteiger partial charge is 0.269 e. The zero-order chi connectivity index (χ0) is 22.7. The van der Waals surface area contributed by atoms with Crippen LogP contribution < -0.4 is 10.6 Å². The zero-order valence-corrected chi connectivity index (χ0v) is 18.4. The minimum absolute atomic E-state index is 0.229. The van der Waals surface area contributed by atoms with Crippen molar-refractivity contribution >= 4 is 23.1 Å². The van der Waals surface area contributed by atoms with E-state index in [4.69, 9.17) is 0 Å². The fourth-order valence-corrected chi connectivity index (χ4v) is 4.64. The number of hydrogen-bond acceptors (Lipinski definition) is 8. The molecule has 0 radical (unpaired) electrons. The molecule has 1 aliphatic rings. The molecule has 0 saturated heterocycles. The van der Waals surface area contributed by atoms with Crippen LogP contribution in [0.3, 0.4) is 0 Å². The molecule has 9 nitrogen and oxygen atoms in total. The highest BCUT2D eigenvalue weighted by Gasteiger charge is 2.41. The first-order chi connectivity index (χ1) is 16.1. The molecule has 0 aromatic carbocycles. The van der Waals surface area contributed by atoms with Crippen molar-refractivity contribution in [3.05, 3.63) is 71.3 Å². The summed E-state index contributed by atoms with van der Waals surface area (Å²) < 4.78 is 14.3. The summed E-state index contributed by atoms with van der Waals surface area (Å²) in [5.41, 5.74) is 1.26. The van der Waals surface area contributed by atoms with Crippen molar-refractivity contribution in [2.24, 2.45) is 0 Å². The van der Waals surface area contributed by atoms with E-state index in [1.54, 1.807) is 18.5 Å². The second-order valence-electron chi connectivity index (χ2n) is 7.90. The van der Waals surface area contributed by atoms with Gasteiger partial charge in [-0.15, -0.1) is 21.5 Å². The van der Waals surface area contributed by atoms with Crippen molar-refractivity contribution in [1.82, 2.24) is 35.5 Å². The monoisotopic (exact) mass is 464 g/mol. The van der Waals surface area contributed by atoms with Gasteiger partial charge < -0.3 is 15.6 Å². The maximum absolute atomic E-state index is 14.3. The molecule has 11 heteroatoms. The second-order valence-corrected chi connectivity index (χ2v) is 9.02. The largest absolute Gasteiger partial charge is 0.368 e. The van der Waals surface area contributed by atoms with Crippen molar-refractivity contribution in [1.29, 1.82) is 0 Å². The highest BCUT2D eigenvalue weighted by molar-refractivity contribution is 7.15. The number of halogens is 1. The van der Waals surface area contributed by atoms with Gasteiger partial charge in [-0.1, -0.05) is 6.42 Å². The molecular weight excluding hydrogens is 443 g/mol. The van der Waals surface area contributed by atoms with Crippen LogP contribution in [0.2, 0.25) is 0 Å². The molecule has 4 heterocycles. The van der Waals surface area contributed by atoms with Gasteiger partial charge in [-0.05, 0) is 37.1 Å². The summed E-state index contributed by atoms with van der Waals surface area (Å²) in [7, 11) is 0. The molecule has 5 rings (SSSR count). The molecule has 0 spiro atoms. The van der Waals surface area contributed by atoms with Gasteiger partial charge in [0.1, 0.15) is 28.0 Å². The van der Waals surface area contributed by atoms with Crippen LogP contribution in [0, 0.1) is 5.82 Å². The number of imidazole rings is 1. The predicted octanol–water partition coefficient (Wildman–Crippen LogP) is 3.32. The van der Waals surface area contributed by atoms with Gasteiger partial charge in [-0.3, -0.25) is 9.78 Å². The average Bonchev–Trinajstić information content (AvgIpc) is 3.51. The molecule has 4 aromatic rings. The number of nitrogens with zero attached hydrogens (tertiary/aromatic N) is 5. The summed E-state index contributed by atoms with van der Waals surface area (Å²) in [6.45, 7) is 0.904. The Morgan fingerprint density at radius 1 is 1.18 bits per heavy atom. The van der Waals surface area contributed by atoms with Gasteiger partial charge in [0.2, 0.25) is 0 Å². The Bertz CT molecular complexity index is 1240. The molecule has 0 aliphatic heterocycles. The molecular formula is C22H21FN8OS. The molecule has 0 bridgehead atoms. The number of rotatable bonds is 8. The summed E-state index contributed by atoms with van der Waals surface area (Å²) in [6, 6.07) is 6.75. The Morgan fingerprint density at radius 2 is 2.09 bits per heavy atom. The van der Waals surface area contributed by atoms with Crippen LogP contribution in [-0.4, -0.2) is 42.6 Å². The maximum atomic E-state index is 14.3. The second kappa shape index (κ2) is 9.02. The Kier molecular flexibility index (Phi) is 5.78. The van der Waals surface area contributed by atoms with Crippen molar-refractivity contribution in [3.63, 3.8) is 0 Å². The standard InChI is InChI=1S/C22H21FN8OS/c23-15-3-1-8-25-19(15)22(6-2-7-22)12-28-18-5-4-16(30-31-18)21-27-10-14(33-21)9-26-20(32)17-11-24-13-29-17/h1,3-5,8,10-11,13H,2,6-7,9,12H2,(H,24,29)(H,26,32)(H,28,31). The molecule has 0 unspecified atom stereocenters.